The van der Waals surface area contributed by atoms with Crippen molar-refractivity contribution < 1.29 is 14.4 Å². The van der Waals surface area contributed by atoms with Gasteiger partial charge in [0.05, 0.1) is 25.5 Å². The molecule has 2 aromatic carbocycles. The van der Waals surface area contributed by atoms with Crippen LogP contribution in [0.4, 0.5) is 11.4 Å². The number of carbonyl (C=O) groups excluding carboxylic acids is 1. The summed E-state index contributed by atoms with van der Waals surface area (Å²) >= 11 is 0. The third-order valence-corrected chi connectivity index (χ3v) is 3.13. The van der Waals surface area contributed by atoms with E-state index in [1.807, 2.05) is 0 Å². The maximum absolute atomic E-state index is 11.6. The van der Waals surface area contributed by atoms with Crippen LogP contribution in [0.2, 0.25) is 0 Å². The lowest BCUT2D eigenvalue weighted by atomic mass is 10.1. The molecule has 0 saturated heterocycles. The molecular weight excluding hydrogens is 296 g/mol. The SMILES string of the molecule is CONc1cccc(C(N)=O)c1N=C(N)c1ccc(OC)cc1. The van der Waals surface area contributed by atoms with Crippen molar-refractivity contribution in [1.29, 1.82) is 0 Å². The molecule has 7 nitrogen and oxygen atoms in total. The third-order valence-electron chi connectivity index (χ3n) is 3.13. The van der Waals surface area contributed by atoms with Crippen LogP contribution in [0.25, 0.3) is 0 Å². The largest absolute Gasteiger partial charge is 0.497 e. The van der Waals surface area contributed by atoms with Crippen molar-refractivity contribution >= 4 is 23.1 Å². The molecule has 5 N–H and O–H groups in total. The van der Waals surface area contributed by atoms with Gasteiger partial charge in [-0.15, -0.1) is 0 Å². The van der Waals surface area contributed by atoms with Crippen LogP contribution in [0.5, 0.6) is 5.75 Å². The number of aliphatic imine (C=N–C) groups is 1. The predicted octanol–water partition coefficient (Wildman–Crippen LogP) is 1.80. The molecule has 0 aliphatic heterocycles. The highest BCUT2D eigenvalue weighted by molar-refractivity contribution is 6.05. The first-order valence-corrected chi connectivity index (χ1v) is 6.77. The summed E-state index contributed by atoms with van der Waals surface area (Å²) < 4.78 is 5.10. The number of rotatable bonds is 6. The van der Waals surface area contributed by atoms with Gasteiger partial charge in [-0.25, -0.2) is 4.99 Å². The van der Waals surface area contributed by atoms with E-state index < -0.39 is 5.91 Å². The molecule has 0 fully saturated rings. The number of carbonyl (C=O) groups is 1. The number of primary amides is 1. The van der Waals surface area contributed by atoms with Crippen LogP contribution in [-0.2, 0) is 4.84 Å². The molecule has 1 amide bonds. The van der Waals surface area contributed by atoms with Gasteiger partial charge < -0.3 is 16.2 Å². The highest BCUT2D eigenvalue weighted by Gasteiger charge is 2.13. The maximum atomic E-state index is 11.6. The molecule has 0 aliphatic rings. The number of nitrogens with one attached hydrogen (secondary N) is 1. The summed E-state index contributed by atoms with van der Waals surface area (Å²) in [5.41, 5.74) is 15.8. The molecule has 23 heavy (non-hydrogen) atoms. The summed E-state index contributed by atoms with van der Waals surface area (Å²) in [5, 5.41) is 0. The first-order valence-electron chi connectivity index (χ1n) is 6.77. The molecule has 0 saturated carbocycles. The minimum atomic E-state index is -0.606. The zero-order valence-electron chi connectivity index (χ0n) is 12.9. The maximum Gasteiger partial charge on any atom is 0.250 e. The Balaban J connectivity index is 2.48. The van der Waals surface area contributed by atoms with Crippen molar-refractivity contribution in [2.75, 3.05) is 19.7 Å². The molecule has 2 rings (SSSR count). The van der Waals surface area contributed by atoms with Crippen LogP contribution < -0.4 is 21.7 Å². The van der Waals surface area contributed by atoms with Crippen molar-refractivity contribution in [3.05, 3.63) is 53.6 Å². The highest BCUT2D eigenvalue weighted by atomic mass is 16.6. The second-order valence-corrected chi connectivity index (χ2v) is 4.60. The summed E-state index contributed by atoms with van der Waals surface area (Å²) in [5.74, 6) is 0.340. The Morgan fingerprint density at radius 2 is 1.78 bits per heavy atom. The van der Waals surface area contributed by atoms with Crippen molar-refractivity contribution in [2.24, 2.45) is 16.5 Å². The fourth-order valence-corrected chi connectivity index (χ4v) is 2.00. The predicted molar refractivity (Wildman–Crippen MR) is 89.0 cm³/mol. The van der Waals surface area contributed by atoms with E-state index in [2.05, 4.69) is 10.5 Å². The van der Waals surface area contributed by atoms with Gasteiger partial charge in [-0.3, -0.25) is 15.1 Å². The van der Waals surface area contributed by atoms with Crippen LogP contribution in [0.1, 0.15) is 15.9 Å². The van der Waals surface area contributed by atoms with Gasteiger partial charge in [0, 0.05) is 5.56 Å². The van der Waals surface area contributed by atoms with Crippen molar-refractivity contribution in [3.8, 4) is 5.75 Å². The van der Waals surface area contributed by atoms with E-state index in [-0.39, 0.29) is 11.4 Å². The smallest absolute Gasteiger partial charge is 0.250 e. The van der Waals surface area contributed by atoms with Crippen LogP contribution >= 0.6 is 0 Å². The molecule has 0 bridgehead atoms. The Morgan fingerprint density at radius 3 is 2.35 bits per heavy atom. The zero-order valence-corrected chi connectivity index (χ0v) is 12.9. The lowest BCUT2D eigenvalue weighted by Crippen LogP contribution is -2.15. The van der Waals surface area contributed by atoms with E-state index in [0.29, 0.717) is 22.7 Å². The van der Waals surface area contributed by atoms with Crippen molar-refractivity contribution in [3.63, 3.8) is 0 Å². The number of para-hydroxylation sites is 1. The fraction of sp³-hybridized carbons (Fsp3) is 0.125. The topological polar surface area (TPSA) is 112 Å². The van der Waals surface area contributed by atoms with E-state index in [4.69, 9.17) is 21.0 Å². The summed E-state index contributed by atoms with van der Waals surface area (Å²) in [6.45, 7) is 0. The van der Waals surface area contributed by atoms with E-state index in [9.17, 15) is 4.79 Å². The number of nitrogens with zero attached hydrogens (tertiary/aromatic N) is 1. The summed E-state index contributed by atoms with van der Waals surface area (Å²) in [4.78, 5) is 20.8. The lowest BCUT2D eigenvalue weighted by Gasteiger charge is -2.11. The fourth-order valence-electron chi connectivity index (χ4n) is 2.00. The van der Waals surface area contributed by atoms with E-state index >= 15 is 0 Å². The quantitative estimate of drug-likeness (QED) is 0.427. The Morgan fingerprint density at radius 1 is 1.09 bits per heavy atom. The van der Waals surface area contributed by atoms with Crippen LogP contribution in [-0.4, -0.2) is 26.0 Å². The van der Waals surface area contributed by atoms with Crippen LogP contribution in [0.3, 0.4) is 0 Å². The number of hydrogen-bond acceptors (Lipinski definition) is 5. The number of hydrogen-bond donors (Lipinski definition) is 3. The van der Waals surface area contributed by atoms with Gasteiger partial charge in [-0.05, 0) is 36.4 Å². The Bertz CT molecular complexity index is 727. The van der Waals surface area contributed by atoms with Crippen LogP contribution in [0.15, 0.2) is 47.5 Å². The molecule has 0 aromatic heterocycles. The van der Waals surface area contributed by atoms with Crippen LogP contribution in [0, 0.1) is 0 Å². The van der Waals surface area contributed by atoms with Crippen molar-refractivity contribution in [2.45, 2.75) is 0 Å². The molecule has 0 heterocycles. The van der Waals surface area contributed by atoms with Gasteiger partial charge in [-0.1, -0.05) is 6.07 Å². The number of amidine groups is 1. The molecule has 120 valence electrons. The van der Waals surface area contributed by atoms with Crippen molar-refractivity contribution in [1.82, 2.24) is 0 Å². The lowest BCUT2D eigenvalue weighted by molar-refractivity contribution is 0.100. The van der Waals surface area contributed by atoms with E-state index in [1.54, 1.807) is 49.6 Å². The standard InChI is InChI=1S/C16H18N4O3/c1-22-11-8-6-10(7-9-11)15(17)19-14-12(16(18)21)4-3-5-13(14)20-23-2/h3-9,20H,1-2H3,(H2,17,19)(H2,18,21). The molecular formula is C16H18N4O3. The second-order valence-electron chi connectivity index (χ2n) is 4.60. The van der Waals surface area contributed by atoms with Gasteiger partial charge >= 0.3 is 0 Å². The highest BCUT2D eigenvalue weighted by Crippen LogP contribution is 2.29. The molecule has 7 heteroatoms. The zero-order chi connectivity index (χ0) is 16.8. The summed E-state index contributed by atoms with van der Waals surface area (Å²) in [6.07, 6.45) is 0. The number of amides is 1. The molecule has 0 unspecified atom stereocenters. The first kappa shape index (κ1) is 16.3. The monoisotopic (exact) mass is 314 g/mol. The minimum absolute atomic E-state index is 0.237. The van der Waals surface area contributed by atoms with Gasteiger partial charge in [0.15, 0.2) is 0 Å². The first-order chi connectivity index (χ1) is 11.1. The molecule has 0 atom stereocenters. The Hall–Kier alpha value is -3.06. The normalized spacial score (nSPS) is 11.1. The average Bonchev–Trinajstić information content (AvgIpc) is 2.56. The molecule has 0 radical (unpaired) electrons. The molecule has 0 aliphatic carbocycles. The number of benzene rings is 2. The molecule has 2 aromatic rings. The Labute approximate surface area is 133 Å². The molecule has 0 spiro atoms. The number of nitrogens with two attached hydrogens (primary N) is 2. The summed E-state index contributed by atoms with van der Waals surface area (Å²) in [7, 11) is 3.04. The van der Waals surface area contributed by atoms with Gasteiger partial charge in [0.1, 0.15) is 17.3 Å². The van der Waals surface area contributed by atoms with Gasteiger partial charge in [-0.2, -0.15) is 0 Å². The van der Waals surface area contributed by atoms with Gasteiger partial charge in [0.25, 0.3) is 5.91 Å². The second kappa shape index (κ2) is 7.28. The van der Waals surface area contributed by atoms with E-state index in [0.717, 1.165) is 0 Å². The Kier molecular flexibility index (Phi) is 5.16. The third kappa shape index (κ3) is 3.78. The van der Waals surface area contributed by atoms with Gasteiger partial charge in [0.2, 0.25) is 0 Å². The number of anilines is 1. The number of ether oxygens (including phenoxy) is 1. The average molecular weight is 314 g/mol. The van der Waals surface area contributed by atoms with E-state index in [1.165, 1.54) is 7.11 Å². The summed E-state index contributed by atoms with van der Waals surface area (Å²) in [6, 6.07) is 12.0. The minimum Gasteiger partial charge on any atom is -0.497 e. The number of methoxy groups -OCH3 is 1.